The van der Waals surface area contributed by atoms with Gasteiger partial charge in [0.1, 0.15) is 0 Å². The second-order valence-corrected chi connectivity index (χ2v) is 12.4. The number of sulfonamides is 1. The summed E-state index contributed by atoms with van der Waals surface area (Å²) in [5.41, 5.74) is 0.365. The molecule has 1 aliphatic carbocycles. The summed E-state index contributed by atoms with van der Waals surface area (Å²) >= 11 is 1.57. The average Bonchev–Trinajstić information content (AvgIpc) is 3.16. The van der Waals surface area contributed by atoms with Gasteiger partial charge in [-0.2, -0.15) is 0 Å². The molecule has 2 amide bonds. The van der Waals surface area contributed by atoms with Crippen LogP contribution in [0.5, 0.6) is 0 Å². The molecule has 1 fully saturated rings. The van der Waals surface area contributed by atoms with E-state index in [1.165, 1.54) is 25.3 Å². The van der Waals surface area contributed by atoms with Crippen LogP contribution in [0.1, 0.15) is 77.6 Å². The topological polar surface area (TPSA) is 100 Å². The molecule has 1 aliphatic rings. The van der Waals surface area contributed by atoms with E-state index in [0.717, 1.165) is 22.7 Å². The van der Waals surface area contributed by atoms with Crippen LogP contribution in [0, 0.1) is 0 Å². The number of urea groups is 1. The number of benzene rings is 1. The zero-order valence-corrected chi connectivity index (χ0v) is 21.1. The van der Waals surface area contributed by atoms with E-state index in [4.69, 9.17) is 0 Å². The zero-order valence-electron chi connectivity index (χ0n) is 19.5. The van der Waals surface area contributed by atoms with Crippen LogP contribution in [0.2, 0.25) is 0 Å². The summed E-state index contributed by atoms with van der Waals surface area (Å²) in [6.45, 7) is 9.13. The second-order valence-electron chi connectivity index (χ2n) is 9.72. The number of rotatable bonds is 6. The summed E-state index contributed by atoms with van der Waals surface area (Å²) in [5, 5.41) is 6.55. The molecule has 1 saturated carbocycles. The molecule has 0 atom stereocenters. The molecule has 0 spiro atoms. The number of nitrogens with zero attached hydrogens (tertiary/aromatic N) is 1. The fourth-order valence-corrected chi connectivity index (χ4v) is 6.72. The van der Waals surface area contributed by atoms with Crippen LogP contribution in [0.25, 0.3) is 10.4 Å². The highest BCUT2D eigenvalue weighted by Crippen LogP contribution is 2.39. The average molecular weight is 479 g/mol. The second kappa shape index (κ2) is 9.89. The number of carbonyl (C=O) groups excluding carboxylic acids is 1. The number of anilines is 1. The standard InChI is InChI=1S/C23H34N4O3S2/c1-15(2)25-22(28)26-17-11-12-18(20(13-17)32(29,30)27-23(3,4)5)19-14-24-21(31-19)16-9-7-6-8-10-16/h11-16,27H,6-10H2,1-5H3,(H2,25,26,28). The molecule has 0 radical (unpaired) electrons. The highest BCUT2D eigenvalue weighted by molar-refractivity contribution is 7.89. The van der Waals surface area contributed by atoms with Gasteiger partial charge in [0.2, 0.25) is 10.0 Å². The fourth-order valence-electron chi connectivity index (χ4n) is 3.86. The van der Waals surface area contributed by atoms with Crippen molar-refractivity contribution >= 4 is 33.1 Å². The van der Waals surface area contributed by atoms with Crippen LogP contribution in [-0.2, 0) is 10.0 Å². The Morgan fingerprint density at radius 2 is 1.84 bits per heavy atom. The molecular formula is C23H34N4O3S2. The third-order valence-corrected chi connectivity index (χ3v) is 8.12. The number of hydrogen-bond donors (Lipinski definition) is 3. The first-order valence-electron chi connectivity index (χ1n) is 11.2. The summed E-state index contributed by atoms with van der Waals surface area (Å²) in [6.07, 6.45) is 7.75. The first-order chi connectivity index (χ1) is 14.9. The number of amides is 2. The van der Waals surface area contributed by atoms with Gasteiger partial charge in [0, 0.05) is 34.9 Å². The minimum Gasteiger partial charge on any atom is -0.336 e. The summed E-state index contributed by atoms with van der Waals surface area (Å²) in [4.78, 5) is 17.7. The first kappa shape index (κ1) is 24.7. The maximum atomic E-state index is 13.3. The summed E-state index contributed by atoms with van der Waals surface area (Å²) < 4.78 is 29.4. The van der Waals surface area contributed by atoms with Gasteiger partial charge < -0.3 is 10.6 Å². The molecule has 0 unspecified atom stereocenters. The zero-order chi connectivity index (χ0) is 23.5. The monoisotopic (exact) mass is 478 g/mol. The van der Waals surface area contributed by atoms with Crippen molar-refractivity contribution in [1.29, 1.82) is 0 Å². The molecule has 1 aromatic heterocycles. The lowest BCUT2D eigenvalue weighted by Crippen LogP contribution is -2.40. The van der Waals surface area contributed by atoms with E-state index in [2.05, 4.69) is 20.3 Å². The Morgan fingerprint density at radius 3 is 2.47 bits per heavy atom. The highest BCUT2D eigenvalue weighted by Gasteiger charge is 2.27. The van der Waals surface area contributed by atoms with E-state index in [1.807, 2.05) is 13.8 Å². The normalized spacial score (nSPS) is 15.7. The molecule has 176 valence electrons. The number of carbonyl (C=O) groups is 1. The van der Waals surface area contributed by atoms with E-state index >= 15 is 0 Å². The third-order valence-electron chi connectivity index (χ3n) is 5.13. The molecule has 1 aromatic carbocycles. The quantitative estimate of drug-likeness (QED) is 0.513. The molecule has 3 rings (SSSR count). The van der Waals surface area contributed by atoms with Crippen molar-refractivity contribution in [2.24, 2.45) is 0 Å². The Balaban J connectivity index is 1.99. The number of thiazole rings is 1. The Morgan fingerprint density at radius 1 is 1.16 bits per heavy atom. The van der Waals surface area contributed by atoms with Crippen molar-refractivity contribution in [1.82, 2.24) is 15.0 Å². The largest absolute Gasteiger partial charge is 0.336 e. The lowest BCUT2D eigenvalue weighted by atomic mass is 9.90. The lowest BCUT2D eigenvalue weighted by molar-refractivity contribution is 0.250. The summed E-state index contributed by atoms with van der Waals surface area (Å²) in [6, 6.07) is 4.59. The van der Waals surface area contributed by atoms with E-state index in [9.17, 15) is 13.2 Å². The molecule has 1 heterocycles. The van der Waals surface area contributed by atoms with Gasteiger partial charge >= 0.3 is 6.03 Å². The van der Waals surface area contributed by atoms with E-state index in [1.54, 1.807) is 50.4 Å². The molecule has 0 saturated heterocycles. The summed E-state index contributed by atoms with van der Waals surface area (Å²) in [5.74, 6) is 0.455. The Labute approximate surface area is 195 Å². The predicted molar refractivity (Wildman–Crippen MR) is 131 cm³/mol. The minimum atomic E-state index is -3.84. The third kappa shape index (κ3) is 6.52. The SMILES string of the molecule is CC(C)NC(=O)Nc1ccc(-c2cnc(C3CCCCC3)s2)c(S(=O)(=O)NC(C)(C)C)c1. The van der Waals surface area contributed by atoms with Crippen LogP contribution >= 0.6 is 11.3 Å². The van der Waals surface area contributed by atoms with Gasteiger partial charge in [0.15, 0.2) is 0 Å². The molecule has 7 nitrogen and oxygen atoms in total. The van der Waals surface area contributed by atoms with Gasteiger partial charge in [-0.1, -0.05) is 25.3 Å². The van der Waals surface area contributed by atoms with Crippen molar-refractivity contribution in [3.05, 3.63) is 29.4 Å². The molecule has 0 aliphatic heterocycles. The van der Waals surface area contributed by atoms with Gasteiger partial charge in [-0.25, -0.2) is 22.9 Å². The van der Waals surface area contributed by atoms with Gasteiger partial charge in [-0.15, -0.1) is 11.3 Å². The van der Waals surface area contributed by atoms with Crippen molar-refractivity contribution < 1.29 is 13.2 Å². The molecule has 32 heavy (non-hydrogen) atoms. The smallest absolute Gasteiger partial charge is 0.319 e. The van der Waals surface area contributed by atoms with Gasteiger partial charge in [0.25, 0.3) is 0 Å². The molecule has 2 aromatic rings. The number of aromatic nitrogens is 1. The predicted octanol–water partition coefficient (Wildman–Crippen LogP) is 5.46. The molecule has 3 N–H and O–H groups in total. The van der Waals surface area contributed by atoms with Crippen LogP contribution in [-0.4, -0.2) is 31.0 Å². The van der Waals surface area contributed by atoms with Gasteiger partial charge in [-0.05, 0) is 59.6 Å². The van der Waals surface area contributed by atoms with E-state index in [-0.39, 0.29) is 17.0 Å². The summed E-state index contributed by atoms with van der Waals surface area (Å²) in [7, 11) is -3.84. The van der Waals surface area contributed by atoms with Gasteiger partial charge in [0.05, 0.1) is 14.8 Å². The number of hydrogen-bond acceptors (Lipinski definition) is 5. The maximum absolute atomic E-state index is 13.3. The maximum Gasteiger partial charge on any atom is 0.319 e. The van der Waals surface area contributed by atoms with Crippen LogP contribution in [0.4, 0.5) is 10.5 Å². The molecular weight excluding hydrogens is 444 g/mol. The van der Waals surface area contributed by atoms with Crippen molar-refractivity contribution in [2.45, 2.75) is 89.1 Å². The van der Waals surface area contributed by atoms with E-state index in [0.29, 0.717) is 17.2 Å². The molecule has 0 bridgehead atoms. The van der Waals surface area contributed by atoms with Crippen molar-refractivity contribution in [3.8, 4) is 10.4 Å². The van der Waals surface area contributed by atoms with Crippen LogP contribution < -0.4 is 15.4 Å². The van der Waals surface area contributed by atoms with E-state index < -0.39 is 15.6 Å². The highest BCUT2D eigenvalue weighted by atomic mass is 32.2. The Hall–Kier alpha value is -1.97. The van der Waals surface area contributed by atoms with Gasteiger partial charge in [-0.3, -0.25) is 0 Å². The number of nitrogens with one attached hydrogen (secondary N) is 3. The Kier molecular flexibility index (Phi) is 7.62. The lowest BCUT2D eigenvalue weighted by Gasteiger charge is -2.22. The Bertz CT molecular complexity index is 1050. The van der Waals surface area contributed by atoms with Crippen LogP contribution in [0.15, 0.2) is 29.3 Å². The first-order valence-corrected chi connectivity index (χ1v) is 13.5. The van der Waals surface area contributed by atoms with Crippen molar-refractivity contribution in [3.63, 3.8) is 0 Å². The minimum absolute atomic E-state index is 0.0320. The fraction of sp³-hybridized carbons (Fsp3) is 0.565. The molecule has 9 heteroatoms. The van der Waals surface area contributed by atoms with Crippen molar-refractivity contribution in [2.75, 3.05) is 5.32 Å². The van der Waals surface area contributed by atoms with Crippen LogP contribution in [0.3, 0.4) is 0 Å².